The lowest BCUT2D eigenvalue weighted by molar-refractivity contribution is -0.149. The van der Waals surface area contributed by atoms with Crippen LogP contribution in [0.5, 0.6) is 0 Å². The summed E-state index contributed by atoms with van der Waals surface area (Å²) in [6.07, 6.45) is 3.57. The number of thiophene rings is 1. The van der Waals surface area contributed by atoms with Gasteiger partial charge in [-0.1, -0.05) is 66.7 Å². The SMILES string of the molecule is CC(=O)c1cccc(NC(=O)C(OC(=O)/C=C/c2cn(-c3ccccc3)nc2-c2cccs2)c2ccccc2)c1. The number of carbonyl (C=O) groups excluding carboxylic acids is 3. The highest BCUT2D eigenvalue weighted by molar-refractivity contribution is 7.13. The van der Waals surface area contributed by atoms with Gasteiger partial charge < -0.3 is 10.1 Å². The molecule has 0 saturated carbocycles. The molecule has 0 aliphatic heterocycles. The van der Waals surface area contributed by atoms with E-state index in [1.54, 1.807) is 70.6 Å². The number of amides is 1. The maximum absolute atomic E-state index is 13.3. The van der Waals surface area contributed by atoms with E-state index in [4.69, 9.17) is 9.84 Å². The maximum Gasteiger partial charge on any atom is 0.331 e. The zero-order valence-corrected chi connectivity index (χ0v) is 22.4. The summed E-state index contributed by atoms with van der Waals surface area (Å²) in [6.45, 7) is 1.45. The first-order valence-corrected chi connectivity index (χ1v) is 13.4. The van der Waals surface area contributed by atoms with Crippen molar-refractivity contribution in [2.45, 2.75) is 13.0 Å². The van der Waals surface area contributed by atoms with E-state index in [0.717, 1.165) is 21.8 Å². The molecule has 8 heteroatoms. The first-order chi connectivity index (χ1) is 19.5. The zero-order valence-electron chi connectivity index (χ0n) is 21.6. The van der Waals surface area contributed by atoms with Crippen molar-refractivity contribution in [1.82, 2.24) is 9.78 Å². The summed E-state index contributed by atoms with van der Waals surface area (Å²) in [5, 5.41) is 9.47. The predicted octanol–water partition coefficient (Wildman–Crippen LogP) is 6.74. The largest absolute Gasteiger partial charge is 0.444 e. The molecule has 40 heavy (non-hydrogen) atoms. The van der Waals surface area contributed by atoms with E-state index >= 15 is 0 Å². The predicted molar refractivity (Wildman–Crippen MR) is 156 cm³/mol. The van der Waals surface area contributed by atoms with Crippen LogP contribution in [0.15, 0.2) is 115 Å². The molecular weight excluding hydrogens is 522 g/mol. The number of Topliss-reactive ketones (excluding diaryl/α,β-unsaturated/α-hetero) is 1. The highest BCUT2D eigenvalue weighted by atomic mass is 32.1. The number of rotatable bonds is 9. The minimum Gasteiger partial charge on any atom is -0.444 e. The molecule has 0 radical (unpaired) electrons. The van der Waals surface area contributed by atoms with Crippen molar-refractivity contribution < 1.29 is 19.1 Å². The number of aromatic nitrogens is 2. The molecule has 1 N–H and O–H groups in total. The highest BCUT2D eigenvalue weighted by Gasteiger charge is 2.25. The van der Waals surface area contributed by atoms with Crippen LogP contribution >= 0.6 is 11.3 Å². The normalized spacial score (nSPS) is 11.7. The fraction of sp³-hybridized carbons (Fsp3) is 0.0625. The van der Waals surface area contributed by atoms with Crippen LogP contribution in [0.4, 0.5) is 5.69 Å². The van der Waals surface area contributed by atoms with Crippen LogP contribution < -0.4 is 5.32 Å². The summed E-state index contributed by atoms with van der Waals surface area (Å²) in [5.41, 5.74) is 3.75. The Labute approximate surface area is 235 Å². The second-order valence-corrected chi connectivity index (χ2v) is 9.83. The van der Waals surface area contributed by atoms with Gasteiger partial charge in [0.05, 0.1) is 10.6 Å². The lowest BCUT2D eigenvalue weighted by Crippen LogP contribution is -2.25. The summed E-state index contributed by atoms with van der Waals surface area (Å²) in [7, 11) is 0. The monoisotopic (exact) mass is 547 g/mol. The van der Waals surface area contributed by atoms with Crippen molar-refractivity contribution in [1.29, 1.82) is 0 Å². The van der Waals surface area contributed by atoms with Crippen LogP contribution in [0.1, 0.15) is 34.5 Å². The van der Waals surface area contributed by atoms with Crippen molar-refractivity contribution >= 4 is 40.8 Å². The van der Waals surface area contributed by atoms with Gasteiger partial charge in [0.15, 0.2) is 5.78 Å². The number of hydrogen-bond donors (Lipinski definition) is 1. The number of ether oxygens (including phenoxy) is 1. The number of ketones is 1. The van der Waals surface area contributed by atoms with E-state index in [9.17, 15) is 14.4 Å². The summed E-state index contributed by atoms with van der Waals surface area (Å²) in [4.78, 5) is 39.0. The van der Waals surface area contributed by atoms with Gasteiger partial charge in [-0.05, 0) is 48.7 Å². The average molecular weight is 548 g/mol. The van der Waals surface area contributed by atoms with Crippen LogP contribution in [0.2, 0.25) is 0 Å². The molecule has 5 rings (SSSR count). The van der Waals surface area contributed by atoms with Gasteiger partial charge in [-0.15, -0.1) is 11.3 Å². The van der Waals surface area contributed by atoms with Gasteiger partial charge >= 0.3 is 5.97 Å². The standard InChI is InChI=1S/C32H25N3O4S/c1-22(36)24-12-8-13-26(20-24)33-32(38)31(23-10-4-2-5-11-23)39-29(37)18-17-25-21-35(27-14-6-3-7-15-27)34-30(25)28-16-9-19-40-28/h2-21,31H,1H3,(H,33,38)/b18-17+. The van der Waals surface area contributed by atoms with Gasteiger partial charge in [0.2, 0.25) is 6.10 Å². The number of anilines is 1. The lowest BCUT2D eigenvalue weighted by Gasteiger charge is -2.17. The molecular formula is C32H25N3O4S. The Balaban J connectivity index is 1.39. The van der Waals surface area contributed by atoms with E-state index in [2.05, 4.69) is 5.32 Å². The van der Waals surface area contributed by atoms with Crippen molar-refractivity contribution in [3.63, 3.8) is 0 Å². The van der Waals surface area contributed by atoms with E-state index < -0.39 is 18.0 Å². The number of benzene rings is 3. The first kappa shape index (κ1) is 26.5. The molecule has 1 atom stereocenters. The Morgan fingerprint density at radius 3 is 2.38 bits per heavy atom. The Morgan fingerprint density at radius 2 is 1.68 bits per heavy atom. The number of nitrogens with one attached hydrogen (secondary N) is 1. The van der Waals surface area contributed by atoms with Crippen LogP contribution in [0.25, 0.3) is 22.3 Å². The van der Waals surface area contributed by atoms with Crippen molar-refractivity contribution in [3.05, 3.63) is 131 Å². The minimum absolute atomic E-state index is 0.121. The van der Waals surface area contributed by atoms with Gasteiger partial charge in [-0.25, -0.2) is 9.48 Å². The maximum atomic E-state index is 13.3. The number of esters is 1. The molecule has 5 aromatic rings. The van der Waals surface area contributed by atoms with E-state index in [0.29, 0.717) is 16.8 Å². The first-order valence-electron chi connectivity index (χ1n) is 12.5. The average Bonchev–Trinajstić information content (AvgIpc) is 3.66. The number of carbonyl (C=O) groups is 3. The van der Waals surface area contributed by atoms with Crippen LogP contribution in [-0.2, 0) is 14.3 Å². The molecule has 2 heterocycles. The third-order valence-corrected chi connectivity index (χ3v) is 6.90. The topological polar surface area (TPSA) is 90.3 Å². The molecule has 1 amide bonds. The van der Waals surface area contributed by atoms with Gasteiger partial charge in [0.1, 0.15) is 5.69 Å². The van der Waals surface area contributed by atoms with E-state index in [1.807, 2.05) is 60.1 Å². The molecule has 1 unspecified atom stereocenters. The fourth-order valence-electron chi connectivity index (χ4n) is 4.06. The second kappa shape index (κ2) is 12.2. The Morgan fingerprint density at radius 1 is 0.925 bits per heavy atom. The number of nitrogens with zero attached hydrogens (tertiary/aromatic N) is 2. The van der Waals surface area contributed by atoms with Crippen molar-refractivity contribution in [3.8, 4) is 16.3 Å². The van der Waals surface area contributed by atoms with Crippen molar-refractivity contribution in [2.75, 3.05) is 5.32 Å². The Kier molecular flexibility index (Phi) is 8.08. The summed E-state index contributed by atoms with van der Waals surface area (Å²) >= 11 is 1.55. The smallest absolute Gasteiger partial charge is 0.331 e. The van der Waals surface area contributed by atoms with Gasteiger partial charge in [0, 0.05) is 34.7 Å². The molecule has 3 aromatic carbocycles. The minimum atomic E-state index is -1.21. The molecule has 7 nitrogen and oxygen atoms in total. The Hall–Kier alpha value is -5.08. The molecule has 2 aromatic heterocycles. The van der Waals surface area contributed by atoms with Crippen LogP contribution in [0.3, 0.4) is 0 Å². The zero-order chi connectivity index (χ0) is 27.9. The van der Waals surface area contributed by atoms with Gasteiger partial charge in [-0.2, -0.15) is 5.10 Å². The van der Waals surface area contributed by atoms with Crippen LogP contribution in [-0.4, -0.2) is 27.4 Å². The Bertz CT molecular complexity index is 1660. The number of hydrogen-bond acceptors (Lipinski definition) is 6. The molecule has 0 spiro atoms. The molecule has 0 fully saturated rings. The van der Waals surface area contributed by atoms with Crippen molar-refractivity contribution in [2.24, 2.45) is 0 Å². The summed E-state index contributed by atoms with van der Waals surface area (Å²) < 4.78 is 7.42. The fourth-order valence-corrected chi connectivity index (χ4v) is 4.80. The van der Waals surface area contributed by atoms with E-state index in [-0.39, 0.29) is 5.78 Å². The van der Waals surface area contributed by atoms with Gasteiger partial charge in [0.25, 0.3) is 5.91 Å². The summed E-state index contributed by atoms with van der Waals surface area (Å²) in [5.74, 6) is -1.35. The quantitative estimate of drug-likeness (QED) is 0.125. The van der Waals surface area contributed by atoms with E-state index in [1.165, 1.54) is 13.0 Å². The number of para-hydroxylation sites is 1. The van der Waals surface area contributed by atoms with Gasteiger partial charge in [-0.3, -0.25) is 9.59 Å². The molecule has 0 aliphatic rings. The third-order valence-electron chi connectivity index (χ3n) is 6.03. The summed E-state index contributed by atoms with van der Waals surface area (Å²) in [6, 6.07) is 29.0. The molecule has 0 bridgehead atoms. The highest BCUT2D eigenvalue weighted by Crippen LogP contribution is 2.29. The lowest BCUT2D eigenvalue weighted by atomic mass is 10.1. The molecule has 0 aliphatic carbocycles. The van der Waals surface area contributed by atoms with Crippen LogP contribution in [0, 0.1) is 0 Å². The molecule has 198 valence electrons. The third kappa shape index (κ3) is 6.31. The molecule has 0 saturated heterocycles. The second-order valence-electron chi connectivity index (χ2n) is 8.88.